The number of fused-ring (bicyclic) bond motifs is 1. The van der Waals surface area contributed by atoms with Crippen LogP contribution in [0.2, 0.25) is 0 Å². The van der Waals surface area contributed by atoms with Gasteiger partial charge in [0.25, 0.3) is 0 Å². The number of unbranched alkanes of at least 4 members (excludes halogenated alkanes) is 2. The first-order valence-electron chi connectivity index (χ1n) is 9.46. The molecule has 0 fully saturated rings. The van der Waals surface area contributed by atoms with Crippen LogP contribution in [0, 0.1) is 12.8 Å². The van der Waals surface area contributed by atoms with Crippen molar-refractivity contribution in [1.29, 1.82) is 0 Å². The second kappa shape index (κ2) is 8.93. The quantitative estimate of drug-likeness (QED) is 0.484. The van der Waals surface area contributed by atoms with E-state index in [1.165, 1.54) is 32.8 Å². The van der Waals surface area contributed by atoms with Gasteiger partial charge in [-0.3, -0.25) is 0 Å². The Balaban J connectivity index is 2.09. The van der Waals surface area contributed by atoms with Crippen molar-refractivity contribution in [3.63, 3.8) is 0 Å². The lowest BCUT2D eigenvalue weighted by Crippen LogP contribution is -2.17. The van der Waals surface area contributed by atoms with E-state index in [0.29, 0.717) is 5.56 Å². The van der Waals surface area contributed by atoms with E-state index in [1.54, 1.807) is 0 Å². The van der Waals surface area contributed by atoms with Gasteiger partial charge in [0.2, 0.25) is 0 Å². The van der Waals surface area contributed by atoms with Gasteiger partial charge >= 0.3 is 5.97 Å². The minimum atomic E-state index is -0.321. The number of methoxy groups -OCH3 is 1. The van der Waals surface area contributed by atoms with Gasteiger partial charge in [0.1, 0.15) is 0 Å². The van der Waals surface area contributed by atoms with Crippen LogP contribution in [0.5, 0.6) is 0 Å². The number of hydrogen-bond acceptors (Lipinski definition) is 3. The number of esters is 1. The first-order chi connectivity index (χ1) is 12.3. The third-order valence-corrected chi connectivity index (χ3v) is 4.93. The van der Waals surface area contributed by atoms with Crippen molar-refractivity contribution in [1.82, 2.24) is 9.88 Å². The molecule has 0 spiro atoms. The maximum Gasteiger partial charge on any atom is 0.337 e. The van der Waals surface area contributed by atoms with Crippen molar-refractivity contribution < 1.29 is 9.53 Å². The van der Waals surface area contributed by atoms with Gasteiger partial charge in [-0.2, -0.15) is 0 Å². The standard InChI is InChI=1S/C22H32N2O2/c1-15(2)10-8-7-9-13-24(5)17(4)21-16(3)23-20-14-18(22(25)26-6)11-12-19(20)21/h11-12,14-15,23H,4,7-10,13H2,1-3,5-6H3. The maximum absolute atomic E-state index is 11.7. The second-order valence-corrected chi connectivity index (χ2v) is 7.49. The smallest absolute Gasteiger partial charge is 0.337 e. The molecule has 0 radical (unpaired) electrons. The monoisotopic (exact) mass is 356 g/mol. The SMILES string of the molecule is C=C(c1c(C)[nH]c2cc(C(=O)OC)ccc12)N(C)CCCCCC(C)C. The molecule has 26 heavy (non-hydrogen) atoms. The van der Waals surface area contributed by atoms with Gasteiger partial charge in [-0.1, -0.05) is 45.8 Å². The largest absolute Gasteiger partial charge is 0.465 e. The normalized spacial score (nSPS) is 11.2. The molecule has 1 aromatic heterocycles. The van der Waals surface area contributed by atoms with E-state index in [2.05, 4.69) is 44.3 Å². The number of hydrogen-bond donors (Lipinski definition) is 1. The molecule has 2 aromatic rings. The van der Waals surface area contributed by atoms with E-state index in [9.17, 15) is 4.79 Å². The van der Waals surface area contributed by atoms with Crippen LogP contribution in [0.3, 0.4) is 0 Å². The Kier molecular flexibility index (Phi) is 6.90. The summed E-state index contributed by atoms with van der Waals surface area (Å²) in [7, 11) is 3.50. The topological polar surface area (TPSA) is 45.3 Å². The highest BCUT2D eigenvalue weighted by Gasteiger charge is 2.16. The fourth-order valence-corrected chi connectivity index (χ4v) is 3.35. The van der Waals surface area contributed by atoms with Gasteiger partial charge in [-0.05, 0) is 31.4 Å². The fraction of sp³-hybridized carbons (Fsp3) is 0.500. The minimum absolute atomic E-state index is 0.321. The molecule has 2 rings (SSSR count). The Morgan fingerprint density at radius 2 is 2.00 bits per heavy atom. The summed E-state index contributed by atoms with van der Waals surface area (Å²) < 4.78 is 4.81. The zero-order chi connectivity index (χ0) is 19.3. The number of aromatic amines is 1. The molecule has 0 amide bonds. The summed E-state index contributed by atoms with van der Waals surface area (Å²) in [6, 6.07) is 5.63. The molecule has 1 N–H and O–H groups in total. The molecule has 0 unspecified atom stereocenters. The van der Waals surface area contributed by atoms with E-state index >= 15 is 0 Å². The number of rotatable bonds is 9. The van der Waals surface area contributed by atoms with Gasteiger partial charge < -0.3 is 14.6 Å². The molecule has 4 nitrogen and oxygen atoms in total. The zero-order valence-electron chi connectivity index (χ0n) is 16.8. The van der Waals surface area contributed by atoms with Crippen LogP contribution in [0.1, 0.15) is 61.1 Å². The minimum Gasteiger partial charge on any atom is -0.465 e. The molecule has 0 saturated carbocycles. The van der Waals surface area contributed by atoms with E-state index in [1.807, 2.05) is 18.2 Å². The van der Waals surface area contributed by atoms with Crippen LogP contribution in [0.15, 0.2) is 24.8 Å². The summed E-state index contributed by atoms with van der Waals surface area (Å²) in [5.41, 5.74) is 4.70. The summed E-state index contributed by atoms with van der Waals surface area (Å²) >= 11 is 0. The Morgan fingerprint density at radius 1 is 1.27 bits per heavy atom. The molecule has 4 heteroatoms. The van der Waals surface area contributed by atoms with E-state index in [4.69, 9.17) is 4.74 Å². The highest BCUT2D eigenvalue weighted by molar-refractivity contribution is 5.98. The maximum atomic E-state index is 11.7. The highest BCUT2D eigenvalue weighted by atomic mass is 16.5. The number of carbonyl (C=O) groups excluding carboxylic acids is 1. The third-order valence-electron chi connectivity index (χ3n) is 4.93. The number of nitrogens with zero attached hydrogens (tertiary/aromatic N) is 1. The van der Waals surface area contributed by atoms with Crippen molar-refractivity contribution in [2.45, 2.75) is 46.5 Å². The summed E-state index contributed by atoms with van der Waals surface area (Å²) in [5, 5.41) is 1.09. The number of ether oxygens (including phenoxy) is 1. The summed E-state index contributed by atoms with van der Waals surface area (Å²) in [5.74, 6) is 0.462. The van der Waals surface area contributed by atoms with Crippen LogP contribution in [-0.4, -0.2) is 36.6 Å². The van der Waals surface area contributed by atoms with Crippen molar-refractivity contribution >= 4 is 22.6 Å². The molecule has 0 aliphatic heterocycles. The molecular formula is C22H32N2O2. The third kappa shape index (κ3) is 4.69. The lowest BCUT2D eigenvalue weighted by molar-refractivity contribution is 0.0601. The number of aryl methyl sites for hydroxylation is 1. The molecular weight excluding hydrogens is 324 g/mol. The Labute approximate surface area is 157 Å². The van der Waals surface area contributed by atoms with E-state index in [-0.39, 0.29) is 5.97 Å². The molecule has 0 aliphatic carbocycles. The van der Waals surface area contributed by atoms with Crippen molar-refractivity contribution in [2.75, 3.05) is 20.7 Å². The van der Waals surface area contributed by atoms with Gasteiger partial charge in [-0.25, -0.2) is 4.79 Å². The summed E-state index contributed by atoms with van der Waals surface area (Å²) in [4.78, 5) is 17.4. The van der Waals surface area contributed by atoms with Gasteiger partial charge in [0.05, 0.1) is 12.7 Å². The van der Waals surface area contributed by atoms with Gasteiger partial charge in [-0.15, -0.1) is 0 Å². The average molecular weight is 357 g/mol. The number of benzene rings is 1. The Bertz CT molecular complexity index is 774. The lowest BCUT2D eigenvalue weighted by atomic mass is 10.0. The van der Waals surface area contributed by atoms with Crippen LogP contribution in [0.4, 0.5) is 0 Å². The molecule has 1 aromatic carbocycles. The van der Waals surface area contributed by atoms with Crippen molar-refractivity contribution in [3.8, 4) is 0 Å². The van der Waals surface area contributed by atoms with E-state index < -0.39 is 0 Å². The first-order valence-corrected chi connectivity index (χ1v) is 9.46. The number of nitrogens with one attached hydrogen (secondary N) is 1. The predicted octanol–water partition coefficient (Wildman–Crippen LogP) is 5.38. The predicted molar refractivity (Wildman–Crippen MR) is 109 cm³/mol. The van der Waals surface area contributed by atoms with Crippen molar-refractivity contribution in [3.05, 3.63) is 41.6 Å². The second-order valence-electron chi connectivity index (χ2n) is 7.49. The molecule has 0 atom stereocenters. The number of H-pyrrole nitrogens is 1. The van der Waals surface area contributed by atoms with Crippen LogP contribution in [-0.2, 0) is 4.74 Å². The number of carbonyl (C=O) groups is 1. The van der Waals surface area contributed by atoms with Crippen molar-refractivity contribution in [2.24, 2.45) is 5.92 Å². The average Bonchev–Trinajstić information content (AvgIpc) is 2.94. The molecule has 0 saturated heterocycles. The first kappa shape index (κ1) is 20.1. The lowest BCUT2D eigenvalue weighted by Gasteiger charge is -2.22. The highest BCUT2D eigenvalue weighted by Crippen LogP contribution is 2.30. The number of aromatic nitrogens is 1. The fourth-order valence-electron chi connectivity index (χ4n) is 3.35. The molecule has 0 bridgehead atoms. The summed E-state index contributed by atoms with van der Waals surface area (Å²) in [6.45, 7) is 11.9. The molecule has 1 heterocycles. The molecule has 142 valence electrons. The van der Waals surface area contributed by atoms with E-state index in [0.717, 1.165) is 40.3 Å². The Hall–Kier alpha value is -2.23. The summed E-state index contributed by atoms with van der Waals surface area (Å²) in [6.07, 6.45) is 5.02. The van der Waals surface area contributed by atoms with Crippen LogP contribution < -0.4 is 0 Å². The van der Waals surface area contributed by atoms with Crippen LogP contribution in [0.25, 0.3) is 16.6 Å². The van der Waals surface area contributed by atoms with Crippen LogP contribution >= 0.6 is 0 Å². The molecule has 0 aliphatic rings. The zero-order valence-corrected chi connectivity index (χ0v) is 16.8. The van der Waals surface area contributed by atoms with Gasteiger partial charge in [0, 0.05) is 41.4 Å². The Morgan fingerprint density at radius 3 is 2.65 bits per heavy atom. The van der Waals surface area contributed by atoms with Gasteiger partial charge in [0.15, 0.2) is 0 Å².